The van der Waals surface area contributed by atoms with Crippen LogP contribution in [0.4, 0.5) is 0 Å². The van der Waals surface area contributed by atoms with E-state index < -0.39 is 0 Å². The molecule has 0 fully saturated rings. The summed E-state index contributed by atoms with van der Waals surface area (Å²) in [6.45, 7) is 4.16. The number of aryl methyl sites for hydroxylation is 2. The zero-order chi connectivity index (χ0) is 15.6. The molecule has 0 N–H and O–H groups in total. The van der Waals surface area contributed by atoms with Gasteiger partial charge in [-0.2, -0.15) is 0 Å². The van der Waals surface area contributed by atoms with E-state index >= 15 is 0 Å². The third kappa shape index (κ3) is 1.59. The first-order valence-corrected chi connectivity index (χ1v) is 7.70. The highest BCUT2D eigenvalue weighted by molar-refractivity contribution is 6.25. The van der Waals surface area contributed by atoms with Gasteiger partial charge in [-0.3, -0.25) is 0 Å². The molecule has 110 valence electrons. The number of benzene rings is 2. The fourth-order valence-corrected chi connectivity index (χ4v) is 3.61. The van der Waals surface area contributed by atoms with Gasteiger partial charge in [-0.1, -0.05) is 42.5 Å². The topological polar surface area (TPSA) is 38.9 Å². The van der Waals surface area contributed by atoms with E-state index in [1.807, 2.05) is 19.2 Å². The van der Waals surface area contributed by atoms with Crippen LogP contribution in [-0.2, 0) is 0 Å². The average molecular weight is 298 g/mol. The maximum absolute atomic E-state index is 5.97. The summed E-state index contributed by atoms with van der Waals surface area (Å²) in [6.07, 6.45) is 1.86. The van der Waals surface area contributed by atoms with E-state index in [4.69, 9.17) is 9.40 Å². The van der Waals surface area contributed by atoms with Gasteiger partial charge in [-0.05, 0) is 30.2 Å². The molecule has 0 amide bonds. The molecule has 0 unspecified atom stereocenters. The summed E-state index contributed by atoms with van der Waals surface area (Å²) < 4.78 is 5.97. The van der Waals surface area contributed by atoms with Crippen LogP contribution in [0.25, 0.3) is 43.7 Å². The zero-order valence-corrected chi connectivity index (χ0v) is 12.9. The van der Waals surface area contributed by atoms with Crippen molar-refractivity contribution in [1.82, 2.24) is 9.97 Å². The molecule has 0 spiro atoms. The summed E-state index contributed by atoms with van der Waals surface area (Å²) in [5.41, 5.74) is 3.55. The van der Waals surface area contributed by atoms with Crippen molar-refractivity contribution in [2.75, 3.05) is 0 Å². The summed E-state index contributed by atoms with van der Waals surface area (Å²) in [6, 6.07) is 14.6. The van der Waals surface area contributed by atoms with E-state index in [2.05, 4.69) is 48.3 Å². The van der Waals surface area contributed by atoms with Crippen LogP contribution in [0.1, 0.15) is 11.3 Å². The maximum atomic E-state index is 5.97. The summed E-state index contributed by atoms with van der Waals surface area (Å²) in [7, 11) is 0. The third-order valence-electron chi connectivity index (χ3n) is 4.60. The summed E-state index contributed by atoms with van der Waals surface area (Å²) in [4.78, 5) is 9.20. The molecule has 3 heteroatoms. The van der Waals surface area contributed by atoms with Crippen LogP contribution in [0.5, 0.6) is 0 Å². The van der Waals surface area contributed by atoms with E-state index in [0.717, 1.165) is 27.2 Å². The highest BCUT2D eigenvalue weighted by Crippen LogP contribution is 2.38. The lowest BCUT2D eigenvalue weighted by Gasteiger charge is -2.06. The number of nitrogens with zero attached hydrogens (tertiary/aromatic N) is 2. The van der Waals surface area contributed by atoms with Crippen molar-refractivity contribution in [1.29, 1.82) is 0 Å². The van der Waals surface area contributed by atoms with Crippen molar-refractivity contribution < 1.29 is 4.42 Å². The number of aromatic nitrogens is 2. The number of hydrogen-bond donors (Lipinski definition) is 0. The smallest absolute Gasteiger partial charge is 0.230 e. The largest absolute Gasteiger partial charge is 0.419 e. The lowest BCUT2D eigenvalue weighted by atomic mass is 9.99. The lowest BCUT2D eigenvalue weighted by molar-refractivity contribution is 0.640. The van der Waals surface area contributed by atoms with Gasteiger partial charge in [0.1, 0.15) is 0 Å². The van der Waals surface area contributed by atoms with Crippen LogP contribution >= 0.6 is 0 Å². The van der Waals surface area contributed by atoms with Gasteiger partial charge < -0.3 is 4.42 Å². The molecule has 3 nitrogen and oxygen atoms in total. The third-order valence-corrected chi connectivity index (χ3v) is 4.60. The fraction of sp³-hybridized carbons (Fsp3) is 0.100. The Morgan fingerprint density at radius 2 is 1.57 bits per heavy atom. The Balaban J connectivity index is 2.17. The van der Waals surface area contributed by atoms with Gasteiger partial charge in [0.05, 0.1) is 10.8 Å². The molecule has 0 atom stereocenters. The van der Waals surface area contributed by atoms with Crippen molar-refractivity contribution in [3.63, 3.8) is 0 Å². The Bertz CT molecular complexity index is 1230. The van der Waals surface area contributed by atoms with E-state index in [1.54, 1.807) is 0 Å². The second kappa shape index (κ2) is 4.29. The van der Waals surface area contributed by atoms with E-state index in [9.17, 15) is 0 Å². The van der Waals surface area contributed by atoms with Crippen molar-refractivity contribution in [2.45, 2.75) is 13.8 Å². The van der Waals surface area contributed by atoms with Gasteiger partial charge in [0.25, 0.3) is 0 Å². The number of pyridine rings is 2. The Kier molecular flexibility index (Phi) is 2.35. The maximum Gasteiger partial charge on any atom is 0.230 e. The standard InChI is InChI=1S/C20H14N2O/c1-11-6-5-9-15-16(11)12(2)22-20-18(15)17-14-8-4-3-7-13(14)10-21-19(17)23-20/h3-10H,1-2H3. The number of hydrogen-bond acceptors (Lipinski definition) is 3. The van der Waals surface area contributed by atoms with E-state index in [1.165, 1.54) is 16.3 Å². The predicted octanol–water partition coefficient (Wildman–Crippen LogP) is 5.30. The van der Waals surface area contributed by atoms with Gasteiger partial charge in [0, 0.05) is 22.7 Å². The van der Waals surface area contributed by atoms with Gasteiger partial charge in [-0.25, -0.2) is 9.97 Å². The van der Waals surface area contributed by atoms with Gasteiger partial charge in [-0.15, -0.1) is 0 Å². The van der Waals surface area contributed by atoms with Gasteiger partial charge in [0.15, 0.2) is 0 Å². The first-order chi connectivity index (χ1) is 11.2. The highest BCUT2D eigenvalue weighted by atomic mass is 16.3. The quantitative estimate of drug-likeness (QED) is 0.389. The van der Waals surface area contributed by atoms with Gasteiger partial charge >= 0.3 is 0 Å². The monoisotopic (exact) mass is 298 g/mol. The molecule has 5 rings (SSSR count). The lowest BCUT2D eigenvalue weighted by Crippen LogP contribution is -1.88. The Hall–Kier alpha value is -2.94. The molecule has 2 aromatic carbocycles. The molecule has 0 saturated heterocycles. The first kappa shape index (κ1) is 12.6. The molecule has 23 heavy (non-hydrogen) atoms. The molecule has 5 aromatic rings. The van der Waals surface area contributed by atoms with Crippen molar-refractivity contribution in [2.24, 2.45) is 0 Å². The van der Waals surface area contributed by atoms with Crippen LogP contribution in [0.3, 0.4) is 0 Å². The summed E-state index contributed by atoms with van der Waals surface area (Å²) in [5, 5.41) is 6.78. The van der Waals surface area contributed by atoms with Gasteiger partial charge in [0.2, 0.25) is 11.4 Å². The first-order valence-electron chi connectivity index (χ1n) is 7.70. The second-order valence-corrected chi connectivity index (χ2v) is 6.00. The normalized spacial score (nSPS) is 11.9. The summed E-state index contributed by atoms with van der Waals surface area (Å²) >= 11 is 0. The molecule has 0 aliphatic rings. The predicted molar refractivity (Wildman–Crippen MR) is 93.8 cm³/mol. The Morgan fingerprint density at radius 1 is 0.783 bits per heavy atom. The molecular formula is C20H14N2O. The molecular weight excluding hydrogens is 284 g/mol. The minimum absolute atomic E-state index is 0.652. The zero-order valence-electron chi connectivity index (χ0n) is 12.9. The van der Waals surface area contributed by atoms with Crippen molar-refractivity contribution >= 4 is 43.7 Å². The fourth-order valence-electron chi connectivity index (χ4n) is 3.61. The van der Waals surface area contributed by atoms with Crippen molar-refractivity contribution in [3.05, 3.63) is 59.9 Å². The highest BCUT2D eigenvalue weighted by Gasteiger charge is 2.17. The van der Waals surface area contributed by atoms with Crippen molar-refractivity contribution in [3.8, 4) is 0 Å². The van der Waals surface area contributed by atoms with E-state index in [0.29, 0.717) is 11.4 Å². The van der Waals surface area contributed by atoms with Crippen LogP contribution in [0.2, 0.25) is 0 Å². The van der Waals surface area contributed by atoms with E-state index in [-0.39, 0.29) is 0 Å². The Morgan fingerprint density at radius 3 is 2.48 bits per heavy atom. The van der Waals surface area contributed by atoms with Crippen LogP contribution < -0.4 is 0 Å². The molecule has 0 radical (unpaired) electrons. The SMILES string of the molecule is Cc1cccc2c1c(C)nc1oc3ncc4ccccc4c3c12. The molecule has 0 saturated carbocycles. The summed E-state index contributed by atoms with van der Waals surface area (Å²) in [5.74, 6) is 0. The molecule has 0 bridgehead atoms. The number of rotatable bonds is 0. The molecule has 0 aliphatic carbocycles. The number of fused-ring (bicyclic) bond motifs is 7. The Labute approximate surface area is 132 Å². The minimum Gasteiger partial charge on any atom is -0.419 e. The van der Waals surface area contributed by atoms with Crippen LogP contribution in [0, 0.1) is 13.8 Å². The molecule has 3 aromatic heterocycles. The van der Waals surface area contributed by atoms with Crippen LogP contribution in [0.15, 0.2) is 53.1 Å². The molecule has 0 aliphatic heterocycles. The average Bonchev–Trinajstić information content (AvgIpc) is 2.93. The number of furan rings is 1. The minimum atomic E-state index is 0.652. The second-order valence-electron chi connectivity index (χ2n) is 6.00. The molecule has 3 heterocycles. The van der Waals surface area contributed by atoms with Crippen LogP contribution in [-0.4, -0.2) is 9.97 Å².